The predicted molar refractivity (Wildman–Crippen MR) is 92.3 cm³/mol. The van der Waals surface area contributed by atoms with Gasteiger partial charge < -0.3 is 9.31 Å². The first-order valence-corrected chi connectivity index (χ1v) is 7.89. The van der Waals surface area contributed by atoms with Crippen LogP contribution >= 0.6 is 0 Å². The monoisotopic (exact) mass is 323 g/mol. The van der Waals surface area contributed by atoms with Crippen LogP contribution < -0.4 is 5.46 Å². The minimum absolute atomic E-state index is 0.384. The highest BCUT2D eigenvalue weighted by molar-refractivity contribution is 6.62. The third kappa shape index (κ3) is 2.84. The summed E-state index contributed by atoms with van der Waals surface area (Å²) in [6, 6.07) is 13.9. The van der Waals surface area contributed by atoms with Gasteiger partial charge in [-0.25, -0.2) is 4.39 Å². The fourth-order valence-corrected chi connectivity index (χ4v) is 2.72. The minimum Gasteiger partial charge on any atom is -0.399 e. The third-order valence-electron chi connectivity index (χ3n) is 4.80. The summed E-state index contributed by atoms with van der Waals surface area (Å²) in [6.07, 6.45) is 0. The maximum atomic E-state index is 14.2. The van der Waals surface area contributed by atoms with Gasteiger partial charge in [0.1, 0.15) is 5.82 Å². The molecule has 0 atom stereocenters. The van der Waals surface area contributed by atoms with E-state index in [0.717, 1.165) is 0 Å². The maximum Gasteiger partial charge on any atom is 0.494 e. The SMILES string of the molecule is CC1(C)OB(c2cc(F)cc(-c3ccccc3C#N)c2)OC1(C)C. The summed E-state index contributed by atoms with van der Waals surface area (Å²) >= 11 is 0. The summed E-state index contributed by atoms with van der Waals surface area (Å²) in [6.45, 7) is 7.83. The van der Waals surface area contributed by atoms with Crippen LogP contribution in [0.25, 0.3) is 11.1 Å². The first-order valence-electron chi connectivity index (χ1n) is 7.89. The Kier molecular flexibility index (Phi) is 3.99. The van der Waals surface area contributed by atoms with E-state index in [1.54, 1.807) is 18.2 Å². The van der Waals surface area contributed by atoms with Gasteiger partial charge in [-0.1, -0.05) is 24.3 Å². The van der Waals surface area contributed by atoms with E-state index in [0.29, 0.717) is 22.2 Å². The van der Waals surface area contributed by atoms with Crippen molar-refractivity contribution < 1.29 is 13.7 Å². The Hall–Kier alpha value is -2.16. The second-order valence-electron chi connectivity index (χ2n) is 7.02. The van der Waals surface area contributed by atoms with Crippen molar-refractivity contribution in [3.8, 4) is 17.2 Å². The molecule has 0 unspecified atom stereocenters. The molecular formula is C19H19BFNO2. The molecule has 0 aromatic heterocycles. The Morgan fingerprint density at radius 1 is 1.00 bits per heavy atom. The lowest BCUT2D eigenvalue weighted by Crippen LogP contribution is -2.41. The van der Waals surface area contributed by atoms with Crippen LogP contribution in [0.15, 0.2) is 42.5 Å². The Labute approximate surface area is 142 Å². The molecule has 3 rings (SSSR count). The van der Waals surface area contributed by atoms with Crippen molar-refractivity contribution in [3.63, 3.8) is 0 Å². The van der Waals surface area contributed by atoms with Gasteiger partial charge in [-0.3, -0.25) is 0 Å². The average molecular weight is 323 g/mol. The van der Waals surface area contributed by atoms with Gasteiger partial charge in [0.15, 0.2) is 0 Å². The topological polar surface area (TPSA) is 42.2 Å². The predicted octanol–water partition coefficient (Wildman–Crippen LogP) is 3.66. The van der Waals surface area contributed by atoms with E-state index in [1.165, 1.54) is 12.1 Å². The quantitative estimate of drug-likeness (QED) is 0.792. The van der Waals surface area contributed by atoms with Gasteiger partial charge in [0, 0.05) is 0 Å². The van der Waals surface area contributed by atoms with Crippen molar-refractivity contribution in [2.75, 3.05) is 0 Å². The number of halogens is 1. The highest BCUT2D eigenvalue weighted by Gasteiger charge is 2.51. The maximum absolute atomic E-state index is 14.2. The lowest BCUT2D eigenvalue weighted by Gasteiger charge is -2.32. The number of rotatable bonds is 2. The Balaban J connectivity index is 2.04. The molecule has 2 aromatic rings. The minimum atomic E-state index is -0.640. The van der Waals surface area contributed by atoms with Crippen LogP contribution in [-0.4, -0.2) is 18.3 Å². The molecule has 1 saturated heterocycles. The van der Waals surface area contributed by atoms with Gasteiger partial charge in [0.25, 0.3) is 0 Å². The van der Waals surface area contributed by atoms with Crippen LogP contribution in [0.1, 0.15) is 33.3 Å². The number of hydrogen-bond acceptors (Lipinski definition) is 3. The van der Waals surface area contributed by atoms with Crippen LogP contribution in [0, 0.1) is 17.1 Å². The van der Waals surface area contributed by atoms with Crippen molar-refractivity contribution in [3.05, 3.63) is 53.8 Å². The van der Waals surface area contributed by atoms with Gasteiger partial charge in [0.2, 0.25) is 0 Å². The summed E-state index contributed by atoms with van der Waals surface area (Å²) < 4.78 is 26.2. The number of hydrogen-bond donors (Lipinski definition) is 0. The second kappa shape index (κ2) is 5.73. The lowest BCUT2D eigenvalue weighted by molar-refractivity contribution is 0.00578. The zero-order valence-electron chi connectivity index (χ0n) is 14.3. The fourth-order valence-electron chi connectivity index (χ4n) is 2.72. The average Bonchev–Trinajstić information content (AvgIpc) is 2.75. The number of nitrogens with zero attached hydrogens (tertiary/aromatic N) is 1. The van der Waals surface area contributed by atoms with Crippen molar-refractivity contribution in [1.82, 2.24) is 0 Å². The van der Waals surface area contributed by atoms with Crippen LogP contribution in [-0.2, 0) is 9.31 Å². The van der Waals surface area contributed by atoms with Crippen molar-refractivity contribution in [2.45, 2.75) is 38.9 Å². The first-order chi connectivity index (χ1) is 11.2. The molecule has 0 amide bonds. The molecule has 0 spiro atoms. The van der Waals surface area contributed by atoms with Gasteiger partial charge in [-0.05, 0) is 62.5 Å². The smallest absolute Gasteiger partial charge is 0.399 e. The van der Waals surface area contributed by atoms with Gasteiger partial charge in [0.05, 0.1) is 22.8 Å². The van der Waals surface area contributed by atoms with Crippen molar-refractivity contribution in [1.29, 1.82) is 5.26 Å². The van der Waals surface area contributed by atoms with E-state index in [-0.39, 0.29) is 5.82 Å². The van der Waals surface area contributed by atoms with E-state index in [1.807, 2.05) is 39.8 Å². The first kappa shape index (κ1) is 16.7. The fraction of sp³-hybridized carbons (Fsp3) is 0.316. The Bertz CT molecular complexity index is 810. The largest absolute Gasteiger partial charge is 0.494 e. The standard InChI is InChI=1S/C19H19BFNO2/c1-18(2)19(3,4)24-20(23-18)15-9-14(10-16(21)11-15)17-8-6-5-7-13(17)12-22/h5-11H,1-4H3. The van der Waals surface area contributed by atoms with Gasteiger partial charge in [-0.2, -0.15) is 5.26 Å². The molecule has 0 saturated carbocycles. The summed E-state index contributed by atoms with van der Waals surface area (Å²) in [5.41, 5.74) is 1.46. The zero-order valence-corrected chi connectivity index (χ0v) is 14.3. The van der Waals surface area contributed by atoms with Crippen LogP contribution in [0.2, 0.25) is 0 Å². The third-order valence-corrected chi connectivity index (χ3v) is 4.80. The molecule has 1 aliphatic heterocycles. The van der Waals surface area contributed by atoms with Crippen molar-refractivity contribution in [2.24, 2.45) is 0 Å². The highest BCUT2D eigenvalue weighted by Crippen LogP contribution is 2.36. The molecule has 1 heterocycles. The van der Waals surface area contributed by atoms with Gasteiger partial charge in [-0.15, -0.1) is 0 Å². The summed E-state index contributed by atoms with van der Waals surface area (Å²) in [4.78, 5) is 0. The van der Waals surface area contributed by atoms with E-state index >= 15 is 0 Å². The van der Waals surface area contributed by atoms with E-state index in [9.17, 15) is 9.65 Å². The van der Waals surface area contributed by atoms with Crippen LogP contribution in [0.3, 0.4) is 0 Å². The molecule has 2 aromatic carbocycles. The van der Waals surface area contributed by atoms with E-state index in [2.05, 4.69) is 6.07 Å². The second-order valence-corrected chi connectivity index (χ2v) is 7.02. The van der Waals surface area contributed by atoms with E-state index < -0.39 is 18.3 Å². The molecule has 122 valence electrons. The molecule has 0 radical (unpaired) electrons. The molecule has 0 bridgehead atoms. The van der Waals surface area contributed by atoms with E-state index in [4.69, 9.17) is 9.31 Å². The molecule has 0 aliphatic carbocycles. The highest BCUT2D eigenvalue weighted by atomic mass is 19.1. The lowest BCUT2D eigenvalue weighted by atomic mass is 9.77. The Morgan fingerprint density at radius 2 is 1.62 bits per heavy atom. The zero-order chi connectivity index (χ0) is 17.5. The molecule has 1 fully saturated rings. The summed E-state index contributed by atoms with van der Waals surface area (Å²) in [5.74, 6) is -0.384. The summed E-state index contributed by atoms with van der Waals surface area (Å²) in [5, 5.41) is 9.27. The van der Waals surface area contributed by atoms with Gasteiger partial charge >= 0.3 is 7.12 Å². The van der Waals surface area contributed by atoms with Crippen LogP contribution in [0.4, 0.5) is 4.39 Å². The van der Waals surface area contributed by atoms with Crippen molar-refractivity contribution >= 4 is 12.6 Å². The molecule has 0 N–H and O–H groups in total. The normalized spacial score (nSPS) is 18.4. The van der Waals surface area contributed by atoms with Crippen LogP contribution in [0.5, 0.6) is 0 Å². The molecule has 5 heteroatoms. The summed E-state index contributed by atoms with van der Waals surface area (Å²) in [7, 11) is -0.640. The molecule has 3 nitrogen and oxygen atoms in total. The number of nitriles is 1. The molecule has 1 aliphatic rings. The number of benzene rings is 2. The Morgan fingerprint density at radius 3 is 2.25 bits per heavy atom. The molecular weight excluding hydrogens is 304 g/mol. The molecule has 24 heavy (non-hydrogen) atoms.